The fourth-order valence-electron chi connectivity index (χ4n) is 2.11. The normalized spacial score (nSPS) is 12.4. The van der Waals surface area contributed by atoms with Gasteiger partial charge in [-0.2, -0.15) is 0 Å². The number of halogens is 3. The molecule has 0 heterocycles. The van der Waals surface area contributed by atoms with Gasteiger partial charge in [-0.3, -0.25) is 11.3 Å². The van der Waals surface area contributed by atoms with Gasteiger partial charge in [-0.25, -0.2) is 4.39 Å². The molecule has 2 aromatic rings. The standard InChI is InChI=1S/C15H15BrFIN2/c1-9-3-2-4-12(15(9)18)14(20-19)7-10-5-6-11(17)8-13(10)16/h2-6,8,14,20H,7,19H2,1H3. The van der Waals surface area contributed by atoms with Crippen LogP contribution < -0.4 is 11.3 Å². The lowest BCUT2D eigenvalue weighted by Gasteiger charge is -2.19. The van der Waals surface area contributed by atoms with Gasteiger partial charge in [0.05, 0.1) is 6.04 Å². The monoisotopic (exact) mass is 448 g/mol. The lowest BCUT2D eigenvalue weighted by atomic mass is 9.98. The van der Waals surface area contributed by atoms with Gasteiger partial charge in [0.15, 0.2) is 0 Å². The van der Waals surface area contributed by atoms with Crippen LogP contribution in [-0.2, 0) is 6.42 Å². The van der Waals surface area contributed by atoms with E-state index in [0.717, 1.165) is 15.6 Å². The molecule has 0 amide bonds. The molecular formula is C15H15BrFIN2. The van der Waals surface area contributed by atoms with Gasteiger partial charge in [-0.05, 0) is 64.8 Å². The SMILES string of the molecule is Cc1cccc(C(Cc2ccc(F)cc2Br)NN)c1I. The molecule has 0 bridgehead atoms. The lowest BCUT2D eigenvalue weighted by molar-refractivity contribution is 0.547. The van der Waals surface area contributed by atoms with Gasteiger partial charge < -0.3 is 0 Å². The molecule has 0 saturated heterocycles. The lowest BCUT2D eigenvalue weighted by Crippen LogP contribution is -2.30. The van der Waals surface area contributed by atoms with Crippen LogP contribution in [0.2, 0.25) is 0 Å². The Morgan fingerprint density at radius 3 is 2.75 bits per heavy atom. The van der Waals surface area contributed by atoms with Crippen LogP contribution in [-0.4, -0.2) is 0 Å². The van der Waals surface area contributed by atoms with Crippen molar-refractivity contribution in [1.82, 2.24) is 5.43 Å². The summed E-state index contributed by atoms with van der Waals surface area (Å²) in [6, 6.07) is 10.9. The molecule has 0 aliphatic heterocycles. The molecule has 5 heteroatoms. The second-order valence-electron chi connectivity index (χ2n) is 4.64. The van der Waals surface area contributed by atoms with Crippen molar-refractivity contribution in [2.45, 2.75) is 19.4 Å². The number of aryl methyl sites for hydroxylation is 1. The topological polar surface area (TPSA) is 38.0 Å². The zero-order chi connectivity index (χ0) is 14.7. The number of benzene rings is 2. The summed E-state index contributed by atoms with van der Waals surface area (Å²) in [6.45, 7) is 2.08. The van der Waals surface area contributed by atoms with Crippen LogP contribution >= 0.6 is 38.5 Å². The van der Waals surface area contributed by atoms with Crippen molar-refractivity contribution >= 4 is 38.5 Å². The third-order valence-electron chi connectivity index (χ3n) is 3.24. The van der Waals surface area contributed by atoms with E-state index in [-0.39, 0.29) is 11.9 Å². The molecule has 2 aromatic carbocycles. The number of nitrogens with two attached hydrogens (primary N) is 1. The van der Waals surface area contributed by atoms with E-state index in [9.17, 15) is 4.39 Å². The average Bonchev–Trinajstić information content (AvgIpc) is 2.42. The molecule has 0 fully saturated rings. The van der Waals surface area contributed by atoms with E-state index >= 15 is 0 Å². The number of hydrogen-bond acceptors (Lipinski definition) is 2. The van der Waals surface area contributed by atoms with Crippen molar-refractivity contribution in [3.05, 3.63) is 66.9 Å². The Balaban J connectivity index is 2.31. The van der Waals surface area contributed by atoms with Crippen LogP contribution in [0.3, 0.4) is 0 Å². The van der Waals surface area contributed by atoms with Crippen LogP contribution in [0.15, 0.2) is 40.9 Å². The summed E-state index contributed by atoms with van der Waals surface area (Å²) in [5, 5.41) is 0. The maximum absolute atomic E-state index is 13.1. The smallest absolute Gasteiger partial charge is 0.124 e. The second-order valence-corrected chi connectivity index (χ2v) is 6.57. The largest absolute Gasteiger partial charge is 0.271 e. The summed E-state index contributed by atoms with van der Waals surface area (Å²) in [5.41, 5.74) is 6.26. The summed E-state index contributed by atoms with van der Waals surface area (Å²) in [5.74, 6) is 5.46. The summed E-state index contributed by atoms with van der Waals surface area (Å²) < 4.78 is 15.1. The van der Waals surface area contributed by atoms with Crippen LogP contribution in [0, 0.1) is 16.3 Å². The number of nitrogens with one attached hydrogen (secondary N) is 1. The Bertz CT molecular complexity index is 619. The van der Waals surface area contributed by atoms with Gasteiger partial charge in [0, 0.05) is 8.04 Å². The molecule has 0 spiro atoms. The van der Waals surface area contributed by atoms with E-state index in [1.165, 1.54) is 21.3 Å². The molecule has 0 aliphatic rings. The molecule has 20 heavy (non-hydrogen) atoms. The van der Waals surface area contributed by atoms with E-state index in [1.54, 1.807) is 6.07 Å². The second kappa shape index (κ2) is 6.98. The summed E-state index contributed by atoms with van der Waals surface area (Å²) in [7, 11) is 0. The number of hydrazine groups is 1. The van der Waals surface area contributed by atoms with Crippen molar-refractivity contribution in [2.24, 2.45) is 5.84 Å². The molecule has 1 atom stereocenters. The van der Waals surface area contributed by atoms with Gasteiger partial charge in [-0.1, -0.05) is 40.2 Å². The van der Waals surface area contributed by atoms with E-state index in [2.05, 4.69) is 63.0 Å². The van der Waals surface area contributed by atoms with E-state index < -0.39 is 0 Å². The summed E-state index contributed by atoms with van der Waals surface area (Å²) >= 11 is 5.73. The van der Waals surface area contributed by atoms with Crippen LogP contribution in [0.5, 0.6) is 0 Å². The molecule has 0 saturated carbocycles. The van der Waals surface area contributed by atoms with Gasteiger partial charge in [0.25, 0.3) is 0 Å². The van der Waals surface area contributed by atoms with Crippen molar-refractivity contribution in [1.29, 1.82) is 0 Å². The maximum atomic E-state index is 13.1. The Morgan fingerprint density at radius 2 is 2.10 bits per heavy atom. The molecule has 3 N–H and O–H groups in total. The highest BCUT2D eigenvalue weighted by molar-refractivity contribution is 14.1. The predicted octanol–water partition coefficient (Wildman–Crippen LogP) is 4.25. The fraction of sp³-hybridized carbons (Fsp3) is 0.200. The van der Waals surface area contributed by atoms with Crippen LogP contribution in [0.1, 0.15) is 22.7 Å². The van der Waals surface area contributed by atoms with Crippen LogP contribution in [0.25, 0.3) is 0 Å². The highest BCUT2D eigenvalue weighted by atomic mass is 127. The van der Waals surface area contributed by atoms with Crippen molar-refractivity contribution < 1.29 is 4.39 Å². The van der Waals surface area contributed by atoms with E-state index in [0.29, 0.717) is 6.42 Å². The molecule has 1 unspecified atom stereocenters. The first kappa shape index (κ1) is 15.9. The van der Waals surface area contributed by atoms with Gasteiger partial charge in [0.2, 0.25) is 0 Å². The number of rotatable bonds is 4. The van der Waals surface area contributed by atoms with Crippen molar-refractivity contribution in [3.8, 4) is 0 Å². The minimum absolute atomic E-state index is 0.0106. The Morgan fingerprint density at radius 1 is 1.35 bits per heavy atom. The van der Waals surface area contributed by atoms with Gasteiger partial charge in [0.1, 0.15) is 5.82 Å². The van der Waals surface area contributed by atoms with E-state index in [4.69, 9.17) is 5.84 Å². The quantitative estimate of drug-likeness (QED) is 0.417. The molecule has 2 rings (SSSR count). The van der Waals surface area contributed by atoms with Gasteiger partial charge in [-0.15, -0.1) is 0 Å². The Labute approximate surface area is 140 Å². The highest BCUT2D eigenvalue weighted by Crippen LogP contribution is 2.28. The summed E-state index contributed by atoms with van der Waals surface area (Å²) in [4.78, 5) is 0. The Hall–Kier alpha value is -0.500. The average molecular weight is 449 g/mol. The van der Waals surface area contributed by atoms with Crippen LogP contribution in [0.4, 0.5) is 4.39 Å². The van der Waals surface area contributed by atoms with E-state index in [1.807, 2.05) is 6.07 Å². The molecular weight excluding hydrogens is 434 g/mol. The molecule has 106 valence electrons. The predicted molar refractivity (Wildman–Crippen MR) is 91.8 cm³/mol. The van der Waals surface area contributed by atoms with Crippen molar-refractivity contribution in [3.63, 3.8) is 0 Å². The third kappa shape index (κ3) is 3.58. The minimum Gasteiger partial charge on any atom is -0.271 e. The Kier molecular flexibility index (Phi) is 5.54. The zero-order valence-corrected chi connectivity index (χ0v) is 14.7. The first-order chi connectivity index (χ1) is 9.52. The molecule has 0 radical (unpaired) electrons. The minimum atomic E-state index is -0.247. The first-order valence-corrected chi connectivity index (χ1v) is 8.05. The first-order valence-electron chi connectivity index (χ1n) is 6.18. The third-order valence-corrected chi connectivity index (χ3v) is 5.45. The maximum Gasteiger partial charge on any atom is 0.124 e. The zero-order valence-electron chi connectivity index (χ0n) is 11.0. The fourth-order valence-corrected chi connectivity index (χ4v) is 3.35. The van der Waals surface area contributed by atoms with Gasteiger partial charge >= 0.3 is 0 Å². The molecule has 0 aromatic heterocycles. The number of hydrogen-bond donors (Lipinski definition) is 2. The summed E-state index contributed by atoms with van der Waals surface area (Å²) in [6.07, 6.45) is 0.691. The molecule has 2 nitrogen and oxygen atoms in total. The highest BCUT2D eigenvalue weighted by Gasteiger charge is 2.16. The van der Waals surface area contributed by atoms with Crippen molar-refractivity contribution in [2.75, 3.05) is 0 Å². The molecule has 0 aliphatic carbocycles.